The molecule has 1 nitrogen and oxygen atoms in total. The van der Waals surface area contributed by atoms with Crippen LogP contribution in [0.15, 0.2) is 12.1 Å². The molecule has 0 spiro atoms. The average molecular weight is 193 g/mol. The molecule has 66 valence electrons. The minimum absolute atomic E-state index is 0.219. The van der Waals surface area contributed by atoms with Crippen LogP contribution in [0, 0.1) is 11.6 Å². The predicted octanol–water partition coefficient (Wildman–Crippen LogP) is 2.76. The monoisotopic (exact) mass is 192 g/mol. The summed E-state index contributed by atoms with van der Waals surface area (Å²) < 4.78 is 30.0. The summed E-state index contributed by atoms with van der Waals surface area (Å²) in [6, 6.07) is 2.40. The molecular weight excluding hydrogens is 186 g/mol. The van der Waals surface area contributed by atoms with Crippen LogP contribution in [0.3, 0.4) is 0 Å². The summed E-state index contributed by atoms with van der Waals surface area (Å²) in [5.41, 5.74) is 0.515. The van der Waals surface area contributed by atoms with E-state index in [4.69, 9.17) is 16.3 Å². The van der Waals surface area contributed by atoms with E-state index in [2.05, 4.69) is 0 Å². The van der Waals surface area contributed by atoms with Gasteiger partial charge in [-0.15, -0.1) is 0 Å². The van der Waals surface area contributed by atoms with Crippen LogP contribution in [0.4, 0.5) is 8.78 Å². The maximum Gasteiger partial charge on any atom is 0.177 e. The summed E-state index contributed by atoms with van der Waals surface area (Å²) in [5, 5.41) is -0.220. The lowest BCUT2D eigenvalue weighted by atomic mass is 10.2. The standard InChI is InChI=1S/C8H7ClF2O/c1-12-4-5-2-6(9)8(11)7(10)3-5/h2-3H,4H2,1H3. The first-order valence-electron chi connectivity index (χ1n) is 3.27. The molecule has 0 radical (unpaired) electrons. The fraction of sp³-hybridized carbons (Fsp3) is 0.250. The molecule has 1 aromatic carbocycles. The lowest BCUT2D eigenvalue weighted by Gasteiger charge is -2.01. The van der Waals surface area contributed by atoms with E-state index in [9.17, 15) is 8.78 Å². The molecule has 0 fully saturated rings. The summed E-state index contributed by atoms with van der Waals surface area (Å²) >= 11 is 5.38. The molecule has 4 heteroatoms. The molecular formula is C8H7ClF2O. The number of benzene rings is 1. The van der Waals surface area contributed by atoms with Crippen LogP contribution in [-0.4, -0.2) is 7.11 Å². The van der Waals surface area contributed by atoms with E-state index in [1.165, 1.54) is 13.2 Å². The van der Waals surface area contributed by atoms with Crippen LogP contribution in [0.1, 0.15) is 5.56 Å². The second-order valence-electron chi connectivity index (χ2n) is 2.31. The fourth-order valence-electron chi connectivity index (χ4n) is 0.858. The molecule has 1 aromatic rings. The van der Waals surface area contributed by atoms with Crippen molar-refractivity contribution in [3.8, 4) is 0 Å². The summed E-state index contributed by atoms with van der Waals surface area (Å²) in [6.07, 6.45) is 0. The first kappa shape index (κ1) is 9.42. The first-order chi connectivity index (χ1) is 5.65. The van der Waals surface area contributed by atoms with Gasteiger partial charge in [0.05, 0.1) is 11.6 Å². The molecule has 0 bridgehead atoms. The van der Waals surface area contributed by atoms with E-state index in [1.54, 1.807) is 0 Å². The minimum Gasteiger partial charge on any atom is -0.380 e. The Labute approximate surface area is 73.9 Å². The van der Waals surface area contributed by atoms with Crippen molar-refractivity contribution in [3.05, 3.63) is 34.4 Å². The van der Waals surface area contributed by atoms with Crippen molar-refractivity contribution in [1.29, 1.82) is 0 Å². The number of hydrogen-bond acceptors (Lipinski definition) is 1. The van der Waals surface area contributed by atoms with Gasteiger partial charge in [-0.05, 0) is 17.7 Å². The van der Waals surface area contributed by atoms with E-state index >= 15 is 0 Å². The maximum absolute atomic E-state index is 12.6. The topological polar surface area (TPSA) is 9.23 Å². The number of halogens is 3. The van der Waals surface area contributed by atoms with Gasteiger partial charge in [-0.1, -0.05) is 11.6 Å². The van der Waals surface area contributed by atoms with Gasteiger partial charge in [0.25, 0.3) is 0 Å². The van der Waals surface area contributed by atoms with Gasteiger partial charge in [0.1, 0.15) is 0 Å². The van der Waals surface area contributed by atoms with Crippen molar-refractivity contribution in [3.63, 3.8) is 0 Å². The Morgan fingerprint density at radius 3 is 2.58 bits per heavy atom. The van der Waals surface area contributed by atoms with Crippen LogP contribution in [-0.2, 0) is 11.3 Å². The Morgan fingerprint density at radius 1 is 1.42 bits per heavy atom. The molecule has 0 amide bonds. The highest BCUT2D eigenvalue weighted by Gasteiger charge is 2.08. The van der Waals surface area contributed by atoms with Crippen molar-refractivity contribution in [2.24, 2.45) is 0 Å². The Bertz CT molecular complexity index is 265. The van der Waals surface area contributed by atoms with Crippen LogP contribution < -0.4 is 0 Å². The molecule has 0 heterocycles. The average Bonchev–Trinajstić information content (AvgIpc) is 2.01. The van der Waals surface area contributed by atoms with Gasteiger partial charge in [-0.25, -0.2) is 8.78 Å². The Hall–Kier alpha value is -0.670. The molecule has 0 aliphatic carbocycles. The highest BCUT2D eigenvalue weighted by molar-refractivity contribution is 6.30. The number of rotatable bonds is 2. The highest BCUT2D eigenvalue weighted by atomic mass is 35.5. The van der Waals surface area contributed by atoms with Crippen molar-refractivity contribution < 1.29 is 13.5 Å². The molecule has 0 aliphatic rings. The lowest BCUT2D eigenvalue weighted by Crippen LogP contribution is -1.92. The van der Waals surface area contributed by atoms with Crippen LogP contribution in [0.2, 0.25) is 5.02 Å². The predicted molar refractivity (Wildman–Crippen MR) is 42.1 cm³/mol. The molecule has 0 N–H and O–H groups in total. The minimum atomic E-state index is -1.02. The first-order valence-corrected chi connectivity index (χ1v) is 3.65. The molecule has 0 aliphatic heterocycles. The van der Waals surface area contributed by atoms with Crippen molar-refractivity contribution >= 4 is 11.6 Å². The quantitative estimate of drug-likeness (QED) is 0.655. The molecule has 0 saturated carbocycles. The van der Waals surface area contributed by atoms with Crippen molar-refractivity contribution in [2.75, 3.05) is 7.11 Å². The van der Waals surface area contributed by atoms with Gasteiger partial charge in [0.15, 0.2) is 11.6 Å². The normalized spacial score (nSPS) is 10.3. The number of hydrogen-bond donors (Lipinski definition) is 0. The molecule has 0 aromatic heterocycles. The van der Waals surface area contributed by atoms with E-state index in [-0.39, 0.29) is 11.6 Å². The Balaban J connectivity index is 3.04. The van der Waals surface area contributed by atoms with Crippen LogP contribution in [0.5, 0.6) is 0 Å². The molecule has 0 unspecified atom stereocenters. The molecule has 0 atom stereocenters. The molecule has 12 heavy (non-hydrogen) atoms. The SMILES string of the molecule is COCc1cc(F)c(F)c(Cl)c1. The van der Waals surface area contributed by atoms with Crippen molar-refractivity contribution in [2.45, 2.75) is 6.61 Å². The third kappa shape index (κ3) is 1.93. The summed E-state index contributed by atoms with van der Waals surface area (Å²) in [5.74, 6) is -1.97. The molecule has 0 saturated heterocycles. The summed E-state index contributed by atoms with van der Waals surface area (Å²) in [7, 11) is 1.47. The van der Waals surface area contributed by atoms with Gasteiger partial charge >= 0.3 is 0 Å². The zero-order valence-electron chi connectivity index (χ0n) is 6.40. The van der Waals surface area contributed by atoms with E-state index < -0.39 is 11.6 Å². The van der Waals surface area contributed by atoms with E-state index in [0.29, 0.717) is 5.56 Å². The fourth-order valence-corrected chi connectivity index (χ4v) is 1.09. The zero-order chi connectivity index (χ0) is 9.14. The van der Waals surface area contributed by atoms with Gasteiger partial charge in [0.2, 0.25) is 0 Å². The van der Waals surface area contributed by atoms with Crippen molar-refractivity contribution in [1.82, 2.24) is 0 Å². The number of ether oxygens (including phenoxy) is 1. The largest absolute Gasteiger partial charge is 0.380 e. The van der Waals surface area contributed by atoms with E-state index in [0.717, 1.165) is 6.07 Å². The summed E-state index contributed by atoms with van der Waals surface area (Å²) in [6.45, 7) is 0.219. The summed E-state index contributed by atoms with van der Waals surface area (Å²) in [4.78, 5) is 0. The van der Waals surface area contributed by atoms with Gasteiger partial charge in [0, 0.05) is 7.11 Å². The Morgan fingerprint density at radius 2 is 2.08 bits per heavy atom. The third-order valence-electron chi connectivity index (χ3n) is 1.35. The van der Waals surface area contributed by atoms with Gasteiger partial charge in [-0.3, -0.25) is 0 Å². The highest BCUT2D eigenvalue weighted by Crippen LogP contribution is 2.19. The second kappa shape index (κ2) is 3.83. The number of methoxy groups -OCH3 is 1. The maximum atomic E-state index is 12.6. The van der Waals surface area contributed by atoms with Gasteiger partial charge < -0.3 is 4.74 Å². The van der Waals surface area contributed by atoms with E-state index in [1.807, 2.05) is 0 Å². The molecule has 1 rings (SSSR count). The lowest BCUT2D eigenvalue weighted by molar-refractivity contribution is 0.184. The zero-order valence-corrected chi connectivity index (χ0v) is 7.16. The Kier molecular flexibility index (Phi) is 3.00. The van der Waals surface area contributed by atoms with Crippen LogP contribution in [0.25, 0.3) is 0 Å². The smallest absolute Gasteiger partial charge is 0.177 e. The van der Waals surface area contributed by atoms with Gasteiger partial charge in [-0.2, -0.15) is 0 Å². The second-order valence-corrected chi connectivity index (χ2v) is 2.71. The third-order valence-corrected chi connectivity index (χ3v) is 1.63. The van der Waals surface area contributed by atoms with Crippen LogP contribution >= 0.6 is 11.6 Å².